The summed E-state index contributed by atoms with van der Waals surface area (Å²) in [4.78, 5) is 0. The third kappa shape index (κ3) is 3.19. The number of hydrogen-bond donors (Lipinski definition) is 1. The molecule has 0 spiro atoms. The van der Waals surface area contributed by atoms with Crippen LogP contribution in [0.15, 0.2) is 0 Å². The minimum Gasteiger partial charge on any atom is -0.661 e. The maximum atomic E-state index is 5.44. The van der Waals surface area contributed by atoms with E-state index >= 15 is 0 Å². The summed E-state index contributed by atoms with van der Waals surface area (Å²) in [6.07, 6.45) is 1.10. The molecule has 1 saturated heterocycles. The van der Waals surface area contributed by atoms with Gasteiger partial charge in [0.25, 0.3) is 0 Å². The molecule has 36 valence electrons. The van der Waals surface area contributed by atoms with Gasteiger partial charge < -0.3 is 11.1 Å². The first-order valence-electron chi connectivity index (χ1n) is 2.28. The van der Waals surface area contributed by atoms with Crippen molar-refractivity contribution in [2.24, 2.45) is 5.73 Å². The molecule has 0 aromatic carbocycles. The van der Waals surface area contributed by atoms with Crippen molar-refractivity contribution in [2.75, 3.05) is 13.1 Å². The maximum absolute atomic E-state index is 5.44. The molecule has 7 heavy (non-hydrogen) atoms. The molecular formula is C4H9KN2. The van der Waals surface area contributed by atoms with Crippen LogP contribution in [0.25, 0.3) is 5.32 Å². The summed E-state index contributed by atoms with van der Waals surface area (Å²) >= 11 is 0. The third-order valence-electron chi connectivity index (χ3n) is 1.02. The Morgan fingerprint density at radius 1 is 1.57 bits per heavy atom. The van der Waals surface area contributed by atoms with Crippen molar-refractivity contribution in [1.29, 1.82) is 0 Å². The van der Waals surface area contributed by atoms with Gasteiger partial charge in [0.1, 0.15) is 0 Å². The van der Waals surface area contributed by atoms with Crippen LogP contribution < -0.4 is 57.1 Å². The molecule has 0 radical (unpaired) electrons. The van der Waals surface area contributed by atoms with Gasteiger partial charge in [0.2, 0.25) is 0 Å². The second kappa shape index (κ2) is 4.44. The van der Waals surface area contributed by atoms with Gasteiger partial charge in [-0.3, -0.25) is 0 Å². The summed E-state index contributed by atoms with van der Waals surface area (Å²) in [5.41, 5.74) is 5.44. The molecule has 1 fully saturated rings. The number of hydrogen-bond acceptors (Lipinski definition) is 1. The van der Waals surface area contributed by atoms with Crippen LogP contribution in [0.5, 0.6) is 0 Å². The van der Waals surface area contributed by atoms with Gasteiger partial charge in [-0.1, -0.05) is 6.42 Å². The van der Waals surface area contributed by atoms with Crippen LogP contribution >= 0.6 is 0 Å². The normalized spacial score (nSPS) is 29.6. The SMILES string of the molecule is NC1CC[N-]C1.[K+]. The van der Waals surface area contributed by atoms with Gasteiger partial charge in [0.05, 0.1) is 0 Å². The van der Waals surface area contributed by atoms with Gasteiger partial charge in [-0.15, -0.1) is 13.1 Å². The van der Waals surface area contributed by atoms with E-state index in [1.807, 2.05) is 0 Å². The molecule has 0 aromatic heterocycles. The standard InChI is InChI=1S/C4H9N2.K/c5-4-1-2-6-3-4;/h4H,1-3,5H2;/q-1;+1. The van der Waals surface area contributed by atoms with Crippen molar-refractivity contribution in [3.63, 3.8) is 0 Å². The Labute approximate surface area is 86.6 Å². The predicted octanol–water partition coefficient (Wildman–Crippen LogP) is -2.90. The smallest absolute Gasteiger partial charge is 0.661 e. The van der Waals surface area contributed by atoms with E-state index in [1.54, 1.807) is 0 Å². The van der Waals surface area contributed by atoms with E-state index in [9.17, 15) is 0 Å². The van der Waals surface area contributed by atoms with E-state index in [0.29, 0.717) is 6.04 Å². The first kappa shape index (κ1) is 8.56. The van der Waals surface area contributed by atoms with Crippen molar-refractivity contribution in [3.05, 3.63) is 5.32 Å². The second-order valence-corrected chi connectivity index (χ2v) is 1.68. The molecule has 3 heteroatoms. The molecule has 0 aromatic rings. The summed E-state index contributed by atoms with van der Waals surface area (Å²) in [6, 6.07) is 0.380. The average Bonchev–Trinajstić information content (AvgIpc) is 1.86. The van der Waals surface area contributed by atoms with Gasteiger partial charge in [-0.25, -0.2) is 0 Å². The molecule has 0 amide bonds. The Bertz CT molecular complexity index is 43.0. The minimum atomic E-state index is 0. The first-order chi connectivity index (χ1) is 2.89. The molecule has 0 aliphatic carbocycles. The van der Waals surface area contributed by atoms with E-state index in [2.05, 4.69) is 5.32 Å². The van der Waals surface area contributed by atoms with E-state index < -0.39 is 0 Å². The van der Waals surface area contributed by atoms with Crippen LogP contribution in [0, 0.1) is 0 Å². The van der Waals surface area contributed by atoms with E-state index in [1.165, 1.54) is 0 Å². The van der Waals surface area contributed by atoms with Crippen molar-refractivity contribution < 1.29 is 51.4 Å². The molecule has 1 rings (SSSR count). The van der Waals surface area contributed by atoms with Gasteiger partial charge in [-0.2, -0.15) is 0 Å². The third-order valence-corrected chi connectivity index (χ3v) is 1.02. The van der Waals surface area contributed by atoms with Crippen LogP contribution in [-0.2, 0) is 0 Å². The van der Waals surface area contributed by atoms with Gasteiger partial charge >= 0.3 is 51.4 Å². The van der Waals surface area contributed by atoms with Crippen molar-refractivity contribution in [3.8, 4) is 0 Å². The average molecular weight is 124 g/mol. The zero-order chi connectivity index (χ0) is 4.41. The monoisotopic (exact) mass is 124 g/mol. The van der Waals surface area contributed by atoms with Crippen LogP contribution in [0.4, 0.5) is 0 Å². The molecule has 2 N–H and O–H groups in total. The molecule has 1 aliphatic heterocycles. The van der Waals surface area contributed by atoms with E-state index in [4.69, 9.17) is 5.73 Å². The summed E-state index contributed by atoms with van der Waals surface area (Å²) < 4.78 is 0. The zero-order valence-corrected chi connectivity index (χ0v) is 7.85. The van der Waals surface area contributed by atoms with Crippen molar-refractivity contribution in [2.45, 2.75) is 12.5 Å². The Balaban J connectivity index is 0.000000360. The fourth-order valence-electron chi connectivity index (χ4n) is 0.606. The largest absolute Gasteiger partial charge is 1.00 e. The molecule has 2 nitrogen and oxygen atoms in total. The van der Waals surface area contributed by atoms with Crippen molar-refractivity contribution in [1.82, 2.24) is 0 Å². The Kier molecular flexibility index (Phi) is 5.42. The second-order valence-electron chi connectivity index (χ2n) is 1.68. The molecule has 1 heterocycles. The van der Waals surface area contributed by atoms with E-state index in [0.717, 1.165) is 19.5 Å². The van der Waals surface area contributed by atoms with Gasteiger partial charge in [-0.05, 0) is 6.04 Å². The Hall–Kier alpha value is 1.56. The molecular weight excluding hydrogens is 115 g/mol. The maximum Gasteiger partial charge on any atom is 1.00 e. The fraction of sp³-hybridized carbons (Fsp3) is 1.00. The summed E-state index contributed by atoms with van der Waals surface area (Å²) in [5, 5.41) is 4.04. The molecule has 1 atom stereocenters. The number of nitrogens with zero attached hydrogens (tertiary/aromatic N) is 1. The number of nitrogens with two attached hydrogens (primary N) is 1. The Morgan fingerprint density at radius 2 is 2.29 bits per heavy atom. The summed E-state index contributed by atoms with van der Waals surface area (Å²) in [6.45, 7) is 1.88. The zero-order valence-electron chi connectivity index (χ0n) is 4.72. The predicted molar refractivity (Wildman–Crippen MR) is 25.7 cm³/mol. The Morgan fingerprint density at radius 3 is 2.43 bits per heavy atom. The van der Waals surface area contributed by atoms with Crippen LogP contribution in [-0.4, -0.2) is 19.1 Å². The van der Waals surface area contributed by atoms with Crippen LogP contribution in [0.1, 0.15) is 6.42 Å². The van der Waals surface area contributed by atoms with Gasteiger partial charge in [0, 0.05) is 0 Å². The topological polar surface area (TPSA) is 40.1 Å². The quantitative estimate of drug-likeness (QED) is 0.346. The minimum absolute atomic E-state index is 0. The van der Waals surface area contributed by atoms with Crippen LogP contribution in [0.2, 0.25) is 0 Å². The molecule has 1 unspecified atom stereocenters. The molecule has 1 aliphatic rings. The first-order valence-corrected chi connectivity index (χ1v) is 2.28. The van der Waals surface area contributed by atoms with E-state index in [-0.39, 0.29) is 51.4 Å². The summed E-state index contributed by atoms with van der Waals surface area (Å²) in [5.74, 6) is 0. The molecule has 0 saturated carbocycles. The van der Waals surface area contributed by atoms with Crippen molar-refractivity contribution >= 4 is 0 Å². The van der Waals surface area contributed by atoms with Crippen LogP contribution in [0.3, 0.4) is 0 Å². The molecule has 0 bridgehead atoms. The van der Waals surface area contributed by atoms with Gasteiger partial charge in [0.15, 0.2) is 0 Å². The fourth-order valence-corrected chi connectivity index (χ4v) is 0.606. The number of rotatable bonds is 0. The summed E-state index contributed by atoms with van der Waals surface area (Å²) in [7, 11) is 0.